The molecule has 1 aliphatic heterocycles. The third-order valence-corrected chi connectivity index (χ3v) is 6.38. The van der Waals surface area contributed by atoms with Gasteiger partial charge < -0.3 is 10.0 Å². The maximum absolute atomic E-state index is 13.9. The number of carboxylic acids is 1. The van der Waals surface area contributed by atoms with Gasteiger partial charge in [0.1, 0.15) is 5.82 Å². The molecule has 24 heavy (non-hydrogen) atoms. The van der Waals surface area contributed by atoms with Gasteiger partial charge in [0.05, 0.1) is 10.8 Å². The Morgan fingerprint density at radius 1 is 1.25 bits per heavy atom. The predicted octanol–water partition coefficient (Wildman–Crippen LogP) is 2.86. The van der Waals surface area contributed by atoms with Gasteiger partial charge in [0.25, 0.3) is 0 Å². The Bertz CT molecular complexity index is 700. The highest BCUT2D eigenvalue weighted by Crippen LogP contribution is 2.54. The van der Waals surface area contributed by atoms with E-state index in [0.29, 0.717) is 31.5 Å². The summed E-state index contributed by atoms with van der Waals surface area (Å²) < 4.78 is 13.9. The lowest BCUT2D eigenvalue weighted by atomic mass is 9.81. The van der Waals surface area contributed by atoms with E-state index in [9.17, 15) is 19.1 Å². The van der Waals surface area contributed by atoms with Gasteiger partial charge in [0.2, 0.25) is 5.91 Å². The van der Waals surface area contributed by atoms with Gasteiger partial charge in [0.15, 0.2) is 0 Å². The number of carboxylic acid groups (broad SMARTS) is 1. The summed E-state index contributed by atoms with van der Waals surface area (Å²) in [5.41, 5.74) is -0.680. The van der Waals surface area contributed by atoms with Gasteiger partial charge in [0, 0.05) is 13.1 Å². The summed E-state index contributed by atoms with van der Waals surface area (Å²) in [4.78, 5) is 26.6. The fourth-order valence-corrected chi connectivity index (χ4v) is 4.75. The number of amides is 1. The average Bonchev–Trinajstić information content (AvgIpc) is 3.05. The molecule has 128 valence electrons. The molecule has 0 aromatic heterocycles. The molecule has 1 saturated heterocycles. The fraction of sp³-hybridized carbons (Fsp3) is 0.579. The van der Waals surface area contributed by atoms with Crippen LogP contribution in [0, 0.1) is 22.6 Å². The van der Waals surface area contributed by atoms with E-state index < -0.39 is 16.8 Å². The molecule has 2 atom stereocenters. The van der Waals surface area contributed by atoms with Crippen LogP contribution in [-0.4, -0.2) is 35.0 Å². The molecule has 0 bridgehead atoms. The zero-order valence-electron chi connectivity index (χ0n) is 13.6. The summed E-state index contributed by atoms with van der Waals surface area (Å²) in [6.07, 6.45) is 4.43. The third kappa shape index (κ3) is 2.25. The van der Waals surface area contributed by atoms with Crippen LogP contribution >= 0.6 is 0 Å². The Kier molecular flexibility index (Phi) is 3.44. The van der Waals surface area contributed by atoms with E-state index in [0.717, 1.165) is 25.7 Å². The Labute approximate surface area is 140 Å². The number of hydrogen-bond donors (Lipinski definition) is 1. The van der Waals surface area contributed by atoms with Crippen LogP contribution in [-0.2, 0) is 16.0 Å². The molecule has 0 spiro atoms. The minimum absolute atomic E-state index is 0.0285. The number of benzene rings is 1. The Morgan fingerprint density at radius 3 is 2.62 bits per heavy atom. The minimum Gasteiger partial charge on any atom is -0.481 e. The van der Waals surface area contributed by atoms with E-state index >= 15 is 0 Å². The number of nitrogens with zero attached hydrogens (tertiary/aromatic N) is 1. The van der Waals surface area contributed by atoms with Gasteiger partial charge in [-0.2, -0.15) is 0 Å². The minimum atomic E-state index is -0.765. The first kappa shape index (κ1) is 15.6. The number of fused-ring (bicyclic) bond motifs is 1. The van der Waals surface area contributed by atoms with E-state index in [1.165, 1.54) is 6.07 Å². The van der Waals surface area contributed by atoms with Crippen molar-refractivity contribution in [2.75, 3.05) is 13.1 Å². The van der Waals surface area contributed by atoms with Crippen LogP contribution in [0.15, 0.2) is 24.3 Å². The number of hydrogen-bond acceptors (Lipinski definition) is 2. The van der Waals surface area contributed by atoms with Crippen LogP contribution in [0.25, 0.3) is 0 Å². The largest absolute Gasteiger partial charge is 0.481 e. The highest BCUT2D eigenvalue weighted by Gasteiger charge is 2.59. The molecule has 2 aliphatic carbocycles. The van der Waals surface area contributed by atoms with Crippen molar-refractivity contribution in [3.05, 3.63) is 35.6 Å². The van der Waals surface area contributed by atoms with Crippen LogP contribution in [0.3, 0.4) is 0 Å². The highest BCUT2D eigenvalue weighted by atomic mass is 19.1. The summed E-state index contributed by atoms with van der Waals surface area (Å²) in [6, 6.07) is 6.60. The van der Waals surface area contributed by atoms with Crippen molar-refractivity contribution < 1.29 is 19.1 Å². The van der Waals surface area contributed by atoms with Gasteiger partial charge in [-0.05, 0) is 49.7 Å². The first-order valence-electron chi connectivity index (χ1n) is 8.73. The van der Waals surface area contributed by atoms with E-state index in [4.69, 9.17) is 0 Å². The van der Waals surface area contributed by atoms with Crippen LogP contribution in [0.5, 0.6) is 0 Å². The van der Waals surface area contributed by atoms with Crippen LogP contribution in [0.1, 0.15) is 37.7 Å². The molecule has 0 radical (unpaired) electrons. The second-order valence-corrected chi connectivity index (χ2v) is 7.78. The first-order chi connectivity index (χ1) is 11.5. The number of aliphatic carboxylic acids is 1. The van der Waals surface area contributed by atoms with Crippen molar-refractivity contribution in [1.82, 2.24) is 4.90 Å². The summed E-state index contributed by atoms with van der Waals surface area (Å²) >= 11 is 0. The SMILES string of the molecule is O=C(N1C[C@@H]2CCC[C@@]2(C(=O)O)C1)C1(Cc2ccccc2F)CC1. The van der Waals surface area contributed by atoms with Crippen molar-refractivity contribution in [1.29, 1.82) is 0 Å². The normalized spacial score (nSPS) is 30.2. The average molecular weight is 331 g/mol. The van der Waals surface area contributed by atoms with Gasteiger partial charge in [-0.1, -0.05) is 24.6 Å². The molecule has 1 aromatic rings. The van der Waals surface area contributed by atoms with Gasteiger partial charge in [-0.3, -0.25) is 9.59 Å². The molecule has 5 heteroatoms. The quantitative estimate of drug-likeness (QED) is 0.923. The van der Waals surface area contributed by atoms with Crippen molar-refractivity contribution in [2.24, 2.45) is 16.7 Å². The van der Waals surface area contributed by atoms with Crippen LogP contribution in [0.4, 0.5) is 4.39 Å². The van der Waals surface area contributed by atoms with Gasteiger partial charge in [-0.15, -0.1) is 0 Å². The molecular formula is C19H22FNO3. The molecule has 0 unspecified atom stereocenters. The fourth-order valence-electron chi connectivity index (χ4n) is 4.75. The van der Waals surface area contributed by atoms with Crippen LogP contribution < -0.4 is 0 Å². The maximum atomic E-state index is 13.9. The number of carbonyl (C=O) groups is 2. The molecule has 3 fully saturated rings. The zero-order valence-corrected chi connectivity index (χ0v) is 13.6. The first-order valence-corrected chi connectivity index (χ1v) is 8.73. The second kappa shape index (κ2) is 5.30. The molecule has 1 amide bonds. The van der Waals surface area contributed by atoms with Crippen molar-refractivity contribution in [2.45, 2.75) is 38.5 Å². The lowest BCUT2D eigenvalue weighted by molar-refractivity contribution is -0.149. The summed E-state index contributed by atoms with van der Waals surface area (Å²) in [6.45, 7) is 0.870. The van der Waals surface area contributed by atoms with E-state index in [-0.39, 0.29) is 17.6 Å². The topological polar surface area (TPSA) is 57.6 Å². The van der Waals surface area contributed by atoms with Crippen molar-refractivity contribution in [3.8, 4) is 0 Å². The van der Waals surface area contributed by atoms with E-state index in [1.54, 1.807) is 23.1 Å². The standard InChI is InChI=1S/C19H22FNO3/c20-15-6-2-1-4-13(15)10-18(8-9-18)16(22)21-11-14-5-3-7-19(14,12-21)17(23)24/h1-2,4,6,14H,3,5,7-12H2,(H,23,24)/t14-,19+/m0/s1. The molecular weight excluding hydrogens is 309 g/mol. The Morgan fingerprint density at radius 2 is 2.00 bits per heavy atom. The Hall–Kier alpha value is -1.91. The number of likely N-dealkylation sites (tertiary alicyclic amines) is 1. The lowest BCUT2D eigenvalue weighted by Crippen LogP contribution is -2.40. The monoisotopic (exact) mass is 331 g/mol. The molecule has 1 N–H and O–H groups in total. The van der Waals surface area contributed by atoms with Crippen molar-refractivity contribution in [3.63, 3.8) is 0 Å². The Balaban J connectivity index is 1.53. The zero-order chi connectivity index (χ0) is 16.9. The van der Waals surface area contributed by atoms with E-state index in [1.807, 2.05) is 0 Å². The van der Waals surface area contributed by atoms with E-state index in [2.05, 4.69) is 0 Å². The summed E-state index contributed by atoms with van der Waals surface area (Å²) in [5.74, 6) is -0.930. The maximum Gasteiger partial charge on any atom is 0.311 e. The van der Waals surface area contributed by atoms with Gasteiger partial charge in [-0.25, -0.2) is 4.39 Å². The molecule has 4 nitrogen and oxygen atoms in total. The smallest absolute Gasteiger partial charge is 0.311 e. The van der Waals surface area contributed by atoms with Crippen LogP contribution in [0.2, 0.25) is 0 Å². The molecule has 1 heterocycles. The summed E-state index contributed by atoms with van der Waals surface area (Å²) in [5, 5.41) is 9.68. The number of halogens is 1. The van der Waals surface area contributed by atoms with Gasteiger partial charge >= 0.3 is 5.97 Å². The van der Waals surface area contributed by atoms with Crippen molar-refractivity contribution >= 4 is 11.9 Å². The number of carbonyl (C=O) groups excluding carboxylic acids is 1. The molecule has 4 rings (SSSR count). The third-order valence-electron chi connectivity index (χ3n) is 6.38. The highest BCUT2D eigenvalue weighted by molar-refractivity contribution is 5.87. The molecule has 3 aliphatic rings. The number of rotatable bonds is 4. The molecule has 2 saturated carbocycles. The summed E-state index contributed by atoms with van der Waals surface area (Å²) in [7, 11) is 0. The second-order valence-electron chi connectivity index (χ2n) is 7.78. The predicted molar refractivity (Wildman–Crippen MR) is 85.8 cm³/mol. The molecule has 1 aromatic carbocycles. The lowest BCUT2D eigenvalue weighted by Gasteiger charge is -2.26.